The van der Waals surface area contributed by atoms with Gasteiger partial charge >= 0.3 is 0 Å². The summed E-state index contributed by atoms with van der Waals surface area (Å²) in [4.78, 5) is 14.8. The number of nitrogens with zero attached hydrogens (tertiary/aromatic N) is 1. The van der Waals surface area contributed by atoms with Crippen molar-refractivity contribution in [3.63, 3.8) is 0 Å². The van der Waals surface area contributed by atoms with Crippen molar-refractivity contribution in [1.82, 2.24) is 10.2 Å². The van der Waals surface area contributed by atoms with Crippen LogP contribution in [0.1, 0.15) is 39.0 Å². The molecule has 3 nitrogen and oxygen atoms in total. The van der Waals surface area contributed by atoms with Crippen LogP contribution in [0.2, 0.25) is 0 Å². The molecule has 0 radical (unpaired) electrons. The van der Waals surface area contributed by atoms with E-state index >= 15 is 0 Å². The first kappa shape index (κ1) is 10.4. The van der Waals surface area contributed by atoms with Crippen LogP contribution in [0.3, 0.4) is 0 Å². The molecule has 1 N–H and O–H groups in total. The van der Waals surface area contributed by atoms with Crippen molar-refractivity contribution in [2.45, 2.75) is 45.1 Å². The fourth-order valence-electron chi connectivity index (χ4n) is 4.47. The number of amides is 1. The Balaban J connectivity index is 1.47. The minimum absolute atomic E-state index is 0.434. The Labute approximate surface area is 103 Å². The number of hydrogen-bond donors (Lipinski definition) is 1. The van der Waals surface area contributed by atoms with Crippen molar-refractivity contribution in [1.29, 1.82) is 0 Å². The Morgan fingerprint density at radius 3 is 2.41 bits per heavy atom. The Kier molecular flexibility index (Phi) is 1.86. The van der Waals surface area contributed by atoms with Crippen LogP contribution < -0.4 is 5.32 Å². The van der Waals surface area contributed by atoms with Gasteiger partial charge in [0.05, 0.1) is 5.92 Å². The summed E-state index contributed by atoms with van der Waals surface area (Å²) in [6.07, 6.45) is 6.47. The van der Waals surface area contributed by atoms with Gasteiger partial charge in [0.1, 0.15) is 0 Å². The highest BCUT2D eigenvalue weighted by Gasteiger charge is 2.88. The molecule has 1 atom stereocenters. The van der Waals surface area contributed by atoms with Gasteiger partial charge in [0.2, 0.25) is 5.91 Å². The third kappa shape index (κ3) is 1.24. The van der Waals surface area contributed by atoms with E-state index in [9.17, 15) is 4.79 Å². The fourth-order valence-corrected chi connectivity index (χ4v) is 4.47. The maximum Gasteiger partial charge on any atom is 0.226 e. The molecule has 3 heteroatoms. The third-order valence-electron chi connectivity index (χ3n) is 5.86. The average Bonchev–Trinajstić information content (AvgIpc) is 3.16. The highest BCUT2D eigenvalue weighted by atomic mass is 16.2. The molecule has 17 heavy (non-hydrogen) atoms. The van der Waals surface area contributed by atoms with Gasteiger partial charge in [-0.3, -0.25) is 4.79 Å². The van der Waals surface area contributed by atoms with Crippen molar-refractivity contribution in [3.05, 3.63) is 0 Å². The van der Waals surface area contributed by atoms with E-state index in [1.165, 1.54) is 25.7 Å². The van der Waals surface area contributed by atoms with E-state index in [2.05, 4.69) is 17.1 Å². The van der Waals surface area contributed by atoms with Crippen LogP contribution in [-0.2, 0) is 4.79 Å². The largest absolute Gasteiger partial charge is 0.341 e. The summed E-state index contributed by atoms with van der Waals surface area (Å²) in [5.74, 6) is 0.930. The zero-order valence-corrected chi connectivity index (χ0v) is 10.7. The van der Waals surface area contributed by atoms with E-state index in [1.807, 2.05) is 0 Å². The second kappa shape index (κ2) is 3.05. The lowest BCUT2D eigenvalue weighted by Gasteiger charge is -2.20. The van der Waals surface area contributed by atoms with Gasteiger partial charge in [-0.25, -0.2) is 0 Å². The van der Waals surface area contributed by atoms with Gasteiger partial charge in [-0.05, 0) is 49.9 Å². The number of hydrogen-bond acceptors (Lipinski definition) is 2. The Bertz CT molecular complexity index is 352. The van der Waals surface area contributed by atoms with E-state index in [-0.39, 0.29) is 0 Å². The number of fused-ring (bicyclic) bond motifs is 1. The first-order valence-corrected chi connectivity index (χ1v) is 7.22. The lowest BCUT2D eigenvalue weighted by atomic mass is 10.2. The molecular weight excluding hydrogens is 212 g/mol. The molecule has 0 aromatic rings. The van der Waals surface area contributed by atoms with E-state index in [0.29, 0.717) is 28.7 Å². The van der Waals surface area contributed by atoms with Crippen LogP contribution in [0.4, 0.5) is 0 Å². The van der Waals surface area contributed by atoms with Gasteiger partial charge in [0.15, 0.2) is 0 Å². The minimum Gasteiger partial charge on any atom is -0.341 e. The lowest BCUT2D eigenvalue weighted by molar-refractivity contribution is -0.133. The topological polar surface area (TPSA) is 32.3 Å². The molecule has 1 amide bonds. The molecule has 0 bridgehead atoms. The van der Waals surface area contributed by atoms with Gasteiger partial charge in [-0.15, -0.1) is 0 Å². The molecule has 0 aromatic carbocycles. The Hall–Kier alpha value is -0.570. The van der Waals surface area contributed by atoms with Gasteiger partial charge in [0.25, 0.3) is 0 Å². The zero-order chi connectivity index (χ0) is 11.7. The Morgan fingerprint density at radius 1 is 1.18 bits per heavy atom. The van der Waals surface area contributed by atoms with Crippen molar-refractivity contribution >= 4 is 5.91 Å². The predicted octanol–water partition coefficient (Wildman–Crippen LogP) is 1.39. The molecule has 4 fully saturated rings. The molecular formula is C14H22N2O. The SMILES string of the molecule is CC1CCN(C(=O)C2C3(CC3)C23CC3)CCN1. The standard InChI is InChI=1S/C14H22N2O/c1-10-2-8-16(9-7-15-10)12(17)11-13(3-4-13)14(11)5-6-14/h10-11,15H,2-9H2,1H3. The van der Waals surface area contributed by atoms with E-state index in [0.717, 1.165) is 26.1 Å². The molecule has 4 rings (SSSR count). The molecule has 94 valence electrons. The highest BCUT2D eigenvalue weighted by molar-refractivity contribution is 5.86. The number of carbonyl (C=O) groups is 1. The second-order valence-corrected chi connectivity index (χ2v) is 6.71. The van der Waals surface area contributed by atoms with Crippen molar-refractivity contribution in [2.75, 3.05) is 19.6 Å². The molecule has 1 unspecified atom stereocenters. The maximum atomic E-state index is 12.6. The van der Waals surface area contributed by atoms with Gasteiger partial charge in [0, 0.05) is 25.7 Å². The van der Waals surface area contributed by atoms with Crippen molar-refractivity contribution in [3.8, 4) is 0 Å². The van der Waals surface area contributed by atoms with E-state index in [4.69, 9.17) is 0 Å². The molecule has 4 aliphatic rings. The van der Waals surface area contributed by atoms with Crippen LogP contribution in [0, 0.1) is 16.7 Å². The molecule has 3 aliphatic carbocycles. The lowest BCUT2D eigenvalue weighted by Crippen LogP contribution is -2.36. The van der Waals surface area contributed by atoms with Gasteiger partial charge < -0.3 is 10.2 Å². The molecule has 0 aromatic heterocycles. The molecule has 1 saturated heterocycles. The summed E-state index contributed by atoms with van der Waals surface area (Å²) in [5.41, 5.74) is 1.05. The van der Waals surface area contributed by atoms with E-state index < -0.39 is 0 Å². The third-order valence-corrected chi connectivity index (χ3v) is 5.86. The summed E-state index contributed by atoms with van der Waals surface area (Å²) < 4.78 is 0. The summed E-state index contributed by atoms with van der Waals surface area (Å²) in [6.45, 7) is 5.08. The smallest absolute Gasteiger partial charge is 0.226 e. The normalized spacial score (nSPS) is 37.0. The second-order valence-electron chi connectivity index (χ2n) is 6.71. The fraction of sp³-hybridized carbons (Fsp3) is 0.929. The number of rotatable bonds is 1. The highest BCUT2D eigenvalue weighted by Crippen LogP contribution is 2.92. The monoisotopic (exact) mass is 234 g/mol. The van der Waals surface area contributed by atoms with Crippen molar-refractivity contribution < 1.29 is 4.79 Å². The van der Waals surface area contributed by atoms with Crippen molar-refractivity contribution in [2.24, 2.45) is 16.7 Å². The zero-order valence-electron chi connectivity index (χ0n) is 10.7. The molecule has 2 spiro atoms. The first-order valence-electron chi connectivity index (χ1n) is 7.22. The molecule has 1 heterocycles. The van der Waals surface area contributed by atoms with Crippen LogP contribution in [0.25, 0.3) is 0 Å². The average molecular weight is 234 g/mol. The summed E-state index contributed by atoms with van der Waals surface area (Å²) in [5, 5.41) is 3.47. The van der Waals surface area contributed by atoms with Crippen LogP contribution in [-0.4, -0.2) is 36.5 Å². The maximum absolute atomic E-state index is 12.6. The van der Waals surface area contributed by atoms with Crippen LogP contribution >= 0.6 is 0 Å². The van der Waals surface area contributed by atoms with Crippen LogP contribution in [0.15, 0.2) is 0 Å². The van der Waals surface area contributed by atoms with Gasteiger partial charge in [-0.2, -0.15) is 0 Å². The predicted molar refractivity (Wildman–Crippen MR) is 65.5 cm³/mol. The van der Waals surface area contributed by atoms with Gasteiger partial charge in [-0.1, -0.05) is 0 Å². The number of nitrogens with one attached hydrogen (secondary N) is 1. The molecule has 1 aliphatic heterocycles. The Morgan fingerprint density at radius 2 is 1.82 bits per heavy atom. The first-order chi connectivity index (χ1) is 8.20. The van der Waals surface area contributed by atoms with E-state index in [1.54, 1.807) is 0 Å². The summed E-state index contributed by atoms with van der Waals surface area (Å²) in [7, 11) is 0. The molecule has 3 saturated carbocycles. The summed E-state index contributed by atoms with van der Waals surface area (Å²) in [6, 6.07) is 0.566. The minimum atomic E-state index is 0.434. The van der Waals surface area contributed by atoms with Crippen LogP contribution in [0.5, 0.6) is 0 Å². The number of carbonyl (C=O) groups excluding carboxylic acids is 1. The summed E-state index contributed by atoms with van der Waals surface area (Å²) >= 11 is 0. The quantitative estimate of drug-likeness (QED) is 0.743.